The van der Waals surface area contributed by atoms with E-state index in [4.69, 9.17) is 9.73 Å². The number of rotatable bonds is 8. The number of aryl methyl sites for hydroxylation is 2. The van der Waals surface area contributed by atoms with E-state index in [2.05, 4.69) is 31.6 Å². The van der Waals surface area contributed by atoms with Crippen molar-refractivity contribution in [1.29, 1.82) is 0 Å². The SMILES string of the molecule is CCNC(=NCCCCn1ccnc1C)N1CCN(CC(=O)N2CCOCC2)CC1.I. The highest BCUT2D eigenvalue weighted by molar-refractivity contribution is 14.0. The zero-order chi connectivity index (χ0) is 21.2. The molecule has 0 aliphatic carbocycles. The van der Waals surface area contributed by atoms with Gasteiger partial charge < -0.3 is 24.4 Å². The molecule has 0 atom stereocenters. The van der Waals surface area contributed by atoms with E-state index < -0.39 is 0 Å². The van der Waals surface area contributed by atoms with Crippen LogP contribution in [0.15, 0.2) is 17.4 Å². The van der Waals surface area contributed by atoms with E-state index >= 15 is 0 Å². The first-order chi connectivity index (χ1) is 14.7. The number of carbonyl (C=O) groups excluding carboxylic acids is 1. The quantitative estimate of drug-likeness (QED) is 0.227. The Morgan fingerprint density at radius 3 is 2.52 bits per heavy atom. The second kappa shape index (κ2) is 13.9. The fourth-order valence-electron chi connectivity index (χ4n) is 3.87. The Kier molecular flexibility index (Phi) is 11.6. The summed E-state index contributed by atoms with van der Waals surface area (Å²) in [5.41, 5.74) is 0. The Hall–Kier alpha value is -1.40. The Bertz CT molecular complexity index is 683. The van der Waals surface area contributed by atoms with Crippen molar-refractivity contribution in [3.8, 4) is 0 Å². The monoisotopic (exact) mass is 547 g/mol. The van der Waals surface area contributed by atoms with Crippen LogP contribution in [0.4, 0.5) is 0 Å². The van der Waals surface area contributed by atoms with Gasteiger partial charge in [0.05, 0.1) is 19.8 Å². The molecule has 0 aromatic carbocycles. The van der Waals surface area contributed by atoms with Crippen LogP contribution in [0.25, 0.3) is 0 Å². The molecule has 1 N–H and O–H groups in total. The van der Waals surface area contributed by atoms with Gasteiger partial charge in [0.1, 0.15) is 5.82 Å². The number of ether oxygens (including phenoxy) is 1. The number of hydrogen-bond donors (Lipinski definition) is 1. The summed E-state index contributed by atoms with van der Waals surface area (Å²) in [6.07, 6.45) is 6.04. The van der Waals surface area contributed by atoms with Crippen molar-refractivity contribution < 1.29 is 9.53 Å². The number of nitrogens with zero attached hydrogens (tertiary/aromatic N) is 6. The van der Waals surface area contributed by atoms with Crippen LogP contribution in [0.2, 0.25) is 0 Å². The number of halogens is 1. The molecule has 0 radical (unpaired) electrons. The molecule has 0 saturated carbocycles. The third-order valence-corrected chi connectivity index (χ3v) is 5.72. The molecule has 3 rings (SSSR count). The van der Waals surface area contributed by atoms with E-state index in [1.165, 1.54) is 0 Å². The lowest BCUT2D eigenvalue weighted by Crippen LogP contribution is -2.54. The molecule has 2 saturated heterocycles. The number of aliphatic imine (C=N–C) groups is 1. The van der Waals surface area contributed by atoms with E-state index in [9.17, 15) is 4.79 Å². The van der Waals surface area contributed by atoms with Gasteiger partial charge >= 0.3 is 0 Å². The average Bonchev–Trinajstić information content (AvgIpc) is 3.18. The molecule has 31 heavy (non-hydrogen) atoms. The maximum Gasteiger partial charge on any atom is 0.236 e. The van der Waals surface area contributed by atoms with E-state index in [-0.39, 0.29) is 29.9 Å². The lowest BCUT2D eigenvalue weighted by molar-refractivity contribution is -0.136. The summed E-state index contributed by atoms with van der Waals surface area (Å²) in [7, 11) is 0. The van der Waals surface area contributed by atoms with Crippen molar-refractivity contribution in [1.82, 2.24) is 29.6 Å². The van der Waals surface area contributed by atoms with Crippen LogP contribution in [-0.2, 0) is 16.1 Å². The summed E-state index contributed by atoms with van der Waals surface area (Å²) in [4.78, 5) is 28.1. The zero-order valence-electron chi connectivity index (χ0n) is 19.0. The van der Waals surface area contributed by atoms with Crippen LogP contribution in [0.5, 0.6) is 0 Å². The van der Waals surface area contributed by atoms with Crippen molar-refractivity contribution in [2.75, 3.05) is 72.1 Å². The summed E-state index contributed by atoms with van der Waals surface area (Å²) in [6.45, 7) is 13.7. The third-order valence-electron chi connectivity index (χ3n) is 5.72. The first-order valence-electron chi connectivity index (χ1n) is 11.3. The summed E-state index contributed by atoms with van der Waals surface area (Å²) in [5, 5.41) is 3.43. The molecule has 176 valence electrons. The van der Waals surface area contributed by atoms with Crippen molar-refractivity contribution in [2.45, 2.75) is 33.2 Å². The predicted molar refractivity (Wildman–Crippen MR) is 133 cm³/mol. The maximum atomic E-state index is 12.5. The molecule has 2 aliphatic heterocycles. The first-order valence-corrected chi connectivity index (χ1v) is 11.3. The van der Waals surface area contributed by atoms with Crippen LogP contribution in [-0.4, -0.2) is 108 Å². The molecular formula is C21H38IN7O2. The Labute approximate surface area is 203 Å². The number of guanidine groups is 1. The fraction of sp³-hybridized carbons (Fsp3) is 0.762. The minimum Gasteiger partial charge on any atom is -0.378 e. The van der Waals surface area contributed by atoms with Gasteiger partial charge in [0.25, 0.3) is 0 Å². The van der Waals surface area contributed by atoms with Gasteiger partial charge in [0, 0.05) is 71.3 Å². The van der Waals surface area contributed by atoms with Gasteiger partial charge in [-0.3, -0.25) is 14.7 Å². The summed E-state index contributed by atoms with van der Waals surface area (Å²) in [6, 6.07) is 0. The van der Waals surface area contributed by atoms with E-state index in [1.807, 2.05) is 24.2 Å². The lowest BCUT2D eigenvalue weighted by atomic mass is 10.3. The molecule has 1 aromatic rings. The largest absolute Gasteiger partial charge is 0.378 e. The Morgan fingerprint density at radius 1 is 1.13 bits per heavy atom. The molecule has 0 bridgehead atoms. The van der Waals surface area contributed by atoms with Crippen molar-refractivity contribution in [3.63, 3.8) is 0 Å². The van der Waals surface area contributed by atoms with Gasteiger partial charge in [-0.15, -0.1) is 24.0 Å². The van der Waals surface area contributed by atoms with Crippen LogP contribution >= 0.6 is 24.0 Å². The smallest absolute Gasteiger partial charge is 0.236 e. The van der Waals surface area contributed by atoms with Crippen molar-refractivity contribution >= 4 is 35.8 Å². The number of morpholine rings is 1. The molecule has 9 nitrogen and oxygen atoms in total. The maximum absolute atomic E-state index is 12.5. The van der Waals surface area contributed by atoms with Crippen LogP contribution in [0.3, 0.4) is 0 Å². The van der Waals surface area contributed by atoms with Gasteiger partial charge in [-0.1, -0.05) is 0 Å². The number of hydrogen-bond acceptors (Lipinski definition) is 5. The second-order valence-corrected chi connectivity index (χ2v) is 7.87. The molecule has 2 aliphatic rings. The zero-order valence-corrected chi connectivity index (χ0v) is 21.3. The van der Waals surface area contributed by atoms with Crippen molar-refractivity contribution in [2.24, 2.45) is 4.99 Å². The van der Waals surface area contributed by atoms with E-state index in [0.29, 0.717) is 19.8 Å². The molecule has 0 spiro atoms. The highest BCUT2D eigenvalue weighted by Crippen LogP contribution is 2.06. The number of carbonyl (C=O) groups is 1. The van der Waals surface area contributed by atoms with Crippen molar-refractivity contribution in [3.05, 3.63) is 18.2 Å². The lowest BCUT2D eigenvalue weighted by Gasteiger charge is -2.37. The predicted octanol–water partition coefficient (Wildman–Crippen LogP) is 1.03. The highest BCUT2D eigenvalue weighted by atomic mass is 127. The summed E-state index contributed by atoms with van der Waals surface area (Å²) in [5.74, 6) is 2.28. The molecule has 10 heteroatoms. The van der Waals surface area contributed by atoms with E-state index in [0.717, 1.165) is 83.5 Å². The van der Waals surface area contributed by atoms with Gasteiger partial charge in [0.15, 0.2) is 5.96 Å². The normalized spacial score (nSPS) is 18.1. The minimum absolute atomic E-state index is 0. The molecular weight excluding hydrogens is 509 g/mol. The molecule has 0 unspecified atom stereocenters. The van der Waals surface area contributed by atoms with Crippen LogP contribution in [0, 0.1) is 6.92 Å². The standard InChI is InChI=1S/C21H37N7O2.HI/c1-3-22-21(24-6-4-5-8-26-9-7-23-19(26)2)28-12-10-25(11-13-28)18-20(29)27-14-16-30-17-15-27;/h7,9H,3-6,8,10-18H2,1-2H3,(H,22,24);1H. The van der Waals surface area contributed by atoms with Gasteiger partial charge in [0.2, 0.25) is 5.91 Å². The average molecular weight is 547 g/mol. The van der Waals surface area contributed by atoms with Crippen LogP contribution in [0.1, 0.15) is 25.6 Å². The molecule has 3 heterocycles. The van der Waals surface area contributed by atoms with Gasteiger partial charge in [-0.2, -0.15) is 0 Å². The molecule has 2 fully saturated rings. The molecule has 1 aromatic heterocycles. The topological polar surface area (TPSA) is 78.2 Å². The third kappa shape index (κ3) is 8.23. The summed E-state index contributed by atoms with van der Waals surface area (Å²) < 4.78 is 7.52. The Morgan fingerprint density at radius 2 is 1.87 bits per heavy atom. The fourth-order valence-corrected chi connectivity index (χ4v) is 3.87. The number of amides is 1. The van der Waals surface area contributed by atoms with Crippen LogP contribution < -0.4 is 5.32 Å². The number of imidazole rings is 1. The Balaban J connectivity index is 0.00000341. The van der Waals surface area contributed by atoms with E-state index in [1.54, 1.807) is 0 Å². The van der Waals surface area contributed by atoms with Gasteiger partial charge in [-0.05, 0) is 26.7 Å². The van der Waals surface area contributed by atoms with Gasteiger partial charge in [-0.25, -0.2) is 4.98 Å². The molecule has 1 amide bonds. The number of aromatic nitrogens is 2. The number of unbranched alkanes of at least 4 members (excludes halogenated alkanes) is 1. The highest BCUT2D eigenvalue weighted by Gasteiger charge is 2.24. The first kappa shape index (κ1) is 25.9. The summed E-state index contributed by atoms with van der Waals surface area (Å²) >= 11 is 0. The number of nitrogens with one attached hydrogen (secondary N) is 1. The second-order valence-electron chi connectivity index (χ2n) is 7.87. The number of piperazine rings is 1. The minimum atomic E-state index is 0.